The smallest absolute Gasteiger partial charge is 0.148 e. The number of ether oxygens (including phenoxy) is 2. The van der Waals surface area contributed by atoms with Crippen molar-refractivity contribution in [1.29, 1.82) is 0 Å². The zero-order chi connectivity index (χ0) is 12.8. The summed E-state index contributed by atoms with van der Waals surface area (Å²) in [6, 6.07) is 9.29. The molecule has 4 nitrogen and oxygen atoms in total. The molecule has 18 heavy (non-hydrogen) atoms. The first-order chi connectivity index (χ1) is 8.83. The Bertz CT molecular complexity index is 539. The molecule has 0 aliphatic heterocycles. The summed E-state index contributed by atoms with van der Waals surface area (Å²) >= 11 is 0. The van der Waals surface area contributed by atoms with Gasteiger partial charge in [0.2, 0.25) is 0 Å². The van der Waals surface area contributed by atoms with E-state index in [0.29, 0.717) is 5.75 Å². The quantitative estimate of drug-likeness (QED) is 0.774. The van der Waals surface area contributed by atoms with Gasteiger partial charge in [-0.05, 0) is 29.8 Å². The van der Waals surface area contributed by atoms with Crippen LogP contribution >= 0.6 is 0 Å². The van der Waals surface area contributed by atoms with Crippen molar-refractivity contribution in [3.05, 3.63) is 48.3 Å². The maximum Gasteiger partial charge on any atom is 0.148 e. The molecule has 0 radical (unpaired) electrons. The summed E-state index contributed by atoms with van der Waals surface area (Å²) in [7, 11) is 3.23. The summed E-state index contributed by atoms with van der Waals surface area (Å²) in [4.78, 5) is 8.34. The Kier molecular flexibility index (Phi) is 3.91. The van der Waals surface area contributed by atoms with Crippen LogP contribution in [0.15, 0.2) is 47.7 Å². The number of nitrogens with zero attached hydrogens (tertiary/aromatic N) is 2. The first-order valence-corrected chi connectivity index (χ1v) is 5.49. The average Bonchev–Trinajstić information content (AvgIpc) is 2.46. The van der Waals surface area contributed by atoms with Crippen molar-refractivity contribution < 1.29 is 9.47 Å². The van der Waals surface area contributed by atoms with Crippen LogP contribution in [0.25, 0.3) is 0 Å². The molecule has 0 aliphatic rings. The zero-order valence-corrected chi connectivity index (χ0v) is 10.3. The van der Waals surface area contributed by atoms with Crippen LogP contribution in [0.5, 0.6) is 11.5 Å². The Morgan fingerprint density at radius 1 is 1.06 bits per heavy atom. The molecule has 4 heteroatoms. The third kappa shape index (κ3) is 2.85. The largest absolute Gasteiger partial charge is 0.497 e. The predicted molar refractivity (Wildman–Crippen MR) is 71.0 cm³/mol. The van der Waals surface area contributed by atoms with Gasteiger partial charge in [-0.1, -0.05) is 0 Å². The molecular weight excluding hydrogens is 228 g/mol. The fourth-order valence-corrected chi connectivity index (χ4v) is 1.49. The minimum absolute atomic E-state index is 0.680. The van der Waals surface area contributed by atoms with E-state index < -0.39 is 0 Å². The second-order valence-corrected chi connectivity index (χ2v) is 3.58. The number of methoxy groups -OCH3 is 2. The van der Waals surface area contributed by atoms with E-state index in [1.165, 1.54) is 0 Å². The second-order valence-electron chi connectivity index (χ2n) is 3.58. The predicted octanol–water partition coefficient (Wildman–Crippen LogP) is 2.85. The van der Waals surface area contributed by atoms with Crippen molar-refractivity contribution in [2.75, 3.05) is 14.2 Å². The van der Waals surface area contributed by atoms with Gasteiger partial charge in [-0.25, -0.2) is 0 Å². The molecule has 0 aliphatic carbocycles. The van der Waals surface area contributed by atoms with Gasteiger partial charge in [-0.3, -0.25) is 9.98 Å². The van der Waals surface area contributed by atoms with Gasteiger partial charge in [-0.2, -0.15) is 0 Å². The van der Waals surface area contributed by atoms with Gasteiger partial charge in [0.1, 0.15) is 17.2 Å². The Balaban J connectivity index is 2.26. The van der Waals surface area contributed by atoms with E-state index in [1.54, 1.807) is 38.9 Å². The third-order valence-corrected chi connectivity index (χ3v) is 2.45. The summed E-state index contributed by atoms with van der Waals surface area (Å²) in [5, 5.41) is 0. The van der Waals surface area contributed by atoms with Crippen LogP contribution in [0.2, 0.25) is 0 Å². The normalized spacial score (nSPS) is 10.6. The van der Waals surface area contributed by atoms with E-state index >= 15 is 0 Å². The number of hydrogen-bond donors (Lipinski definition) is 0. The van der Waals surface area contributed by atoms with Gasteiger partial charge in [0.15, 0.2) is 0 Å². The standard InChI is InChI=1S/C14H14N2O2/c1-17-12-3-4-13(14(9-12)18-2)16-10-11-5-7-15-8-6-11/h3-10H,1-2H3. The molecule has 0 unspecified atom stereocenters. The lowest BCUT2D eigenvalue weighted by Gasteiger charge is -2.06. The Hall–Kier alpha value is -2.36. The summed E-state index contributed by atoms with van der Waals surface area (Å²) in [5.41, 5.74) is 1.75. The lowest BCUT2D eigenvalue weighted by molar-refractivity contribution is 0.395. The number of hydrogen-bond acceptors (Lipinski definition) is 4. The summed E-state index contributed by atoms with van der Waals surface area (Å²) in [6.45, 7) is 0. The van der Waals surface area contributed by atoms with Crippen LogP contribution < -0.4 is 9.47 Å². The van der Waals surface area contributed by atoms with Gasteiger partial charge in [0.05, 0.1) is 14.2 Å². The Morgan fingerprint density at radius 3 is 2.50 bits per heavy atom. The highest BCUT2D eigenvalue weighted by molar-refractivity contribution is 5.82. The number of aliphatic imine (C=N–C) groups is 1. The number of rotatable bonds is 4. The van der Waals surface area contributed by atoms with E-state index in [-0.39, 0.29) is 0 Å². The van der Waals surface area contributed by atoms with Crippen LogP contribution in [0.1, 0.15) is 5.56 Å². The molecule has 0 fully saturated rings. The molecule has 0 N–H and O–H groups in total. The second kappa shape index (κ2) is 5.82. The van der Waals surface area contributed by atoms with Crippen molar-refractivity contribution >= 4 is 11.9 Å². The lowest BCUT2D eigenvalue weighted by Crippen LogP contribution is -1.87. The SMILES string of the molecule is COc1ccc(N=Cc2ccncc2)c(OC)c1. The van der Waals surface area contributed by atoms with E-state index in [2.05, 4.69) is 9.98 Å². The van der Waals surface area contributed by atoms with E-state index in [1.807, 2.05) is 24.3 Å². The zero-order valence-electron chi connectivity index (χ0n) is 10.3. The van der Waals surface area contributed by atoms with E-state index in [9.17, 15) is 0 Å². The first kappa shape index (κ1) is 12.1. The molecule has 1 aromatic heterocycles. The topological polar surface area (TPSA) is 43.7 Å². The molecule has 2 aromatic rings. The highest BCUT2D eigenvalue weighted by Gasteiger charge is 2.02. The molecule has 1 heterocycles. The summed E-state index contributed by atoms with van der Waals surface area (Å²) in [5.74, 6) is 1.43. The van der Waals surface area contributed by atoms with Crippen LogP contribution in [0.4, 0.5) is 5.69 Å². The van der Waals surface area contributed by atoms with E-state index in [0.717, 1.165) is 17.0 Å². The van der Waals surface area contributed by atoms with Crippen molar-refractivity contribution in [2.45, 2.75) is 0 Å². The lowest BCUT2D eigenvalue weighted by atomic mass is 10.2. The van der Waals surface area contributed by atoms with Gasteiger partial charge >= 0.3 is 0 Å². The van der Waals surface area contributed by atoms with Gasteiger partial charge in [-0.15, -0.1) is 0 Å². The first-order valence-electron chi connectivity index (χ1n) is 5.49. The van der Waals surface area contributed by atoms with Crippen LogP contribution in [-0.2, 0) is 0 Å². The summed E-state index contributed by atoms with van der Waals surface area (Å²) in [6.07, 6.45) is 5.23. The van der Waals surface area contributed by atoms with Crippen LogP contribution in [-0.4, -0.2) is 25.4 Å². The van der Waals surface area contributed by atoms with Gasteiger partial charge in [0.25, 0.3) is 0 Å². The molecule has 0 bridgehead atoms. The van der Waals surface area contributed by atoms with Crippen LogP contribution in [0.3, 0.4) is 0 Å². The Labute approximate surface area is 106 Å². The van der Waals surface area contributed by atoms with Crippen molar-refractivity contribution in [3.8, 4) is 11.5 Å². The maximum absolute atomic E-state index is 5.27. The minimum atomic E-state index is 0.680. The van der Waals surface area contributed by atoms with Crippen molar-refractivity contribution in [3.63, 3.8) is 0 Å². The maximum atomic E-state index is 5.27. The summed E-state index contributed by atoms with van der Waals surface area (Å²) < 4.78 is 10.4. The van der Waals surface area contributed by atoms with Gasteiger partial charge < -0.3 is 9.47 Å². The molecule has 0 spiro atoms. The molecule has 2 rings (SSSR count). The Morgan fingerprint density at radius 2 is 1.83 bits per heavy atom. The van der Waals surface area contributed by atoms with E-state index in [4.69, 9.17) is 9.47 Å². The fourth-order valence-electron chi connectivity index (χ4n) is 1.49. The van der Waals surface area contributed by atoms with Crippen molar-refractivity contribution in [1.82, 2.24) is 4.98 Å². The number of pyridine rings is 1. The molecule has 0 saturated carbocycles. The fraction of sp³-hybridized carbons (Fsp3) is 0.143. The van der Waals surface area contributed by atoms with Crippen molar-refractivity contribution in [2.24, 2.45) is 4.99 Å². The molecule has 0 atom stereocenters. The molecule has 1 aromatic carbocycles. The monoisotopic (exact) mass is 242 g/mol. The molecule has 92 valence electrons. The highest BCUT2D eigenvalue weighted by Crippen LogP contribution is 2.31. The average molecular weight is 242 g/mol. The molecule has 0 saturated heterocycles. The third-order valence-electron chi connectivity index (χ3n) is 2.45. The number of benzene rings is 1. The van der Waals surface area contributed by atoms with Gasteiger partial charge in [0, 0.05) is 24.7 Å². The number of aromatic nitrogens is 1. The highest BCUT2D eigenvalue weighted by atomic mass is 16.5. The minimum Gasteiger partial charge on any atom is -0.497 e. The molecule has 0 amide bonds. The molecular formula is C14H14N2O2. The van der Waals surface area contributed by atoms with Crippen LogP contribution in [0, 0.1) is 0 Å².